The maximum atomic E-state index is 12.7. The van der Waals surface area contributed by atoms with E-state index in [9.17, 15) is 14.7 Å². The van der Waals surface area contributed by atoms with Crippen LogP contribution in [0.15, 0.2) is 48.7 Å². The minimum Gasteiger partial charge on any atom is -0.504 e. The van der Waals surface area contributed by atoms with Gasteiger partial charge in [-0.25, -0.2) is 4.98 Å². The second kappa shape index (κ2) is 18.1. The molecule has 3 aromatic rings. The Hall–Kier alpha value is -3.93. The van der Waals surface area contributed by atoms with Gasteiger partial charge in [-0.15, -0.1) is 0 Å². The molecule has 45 heavy (non-hydrogen) atoms. The molecule has 0 aliphatic carbocycles. The number of nitrogen functional groups attached to an aromatic ring is 1. The summed E-state index contributed by atoms with van der Waals surface area (Å²) >= 11 is 0. The van der Waals surface area contributed by atoms with Crippen molar-refractivity contribution in [2.45, 2.75) is 105 Å². The number of unbranched alkanes of at least 4 members (excludes halogenated alkanes) is 6. The number of nitrogens with zero attached hydrogens (tertiary/aromatic N) is 1. The van der Waals surface area contributed by atoms with Gasteiger partial charge in [-0.2, -0.15) is 0 Å². The first-order valence-electron chi connectivity index (χ1n) is 16.5. The fourth-order valence-corrected chi connectivity index (χ4v) is 5.80. The highest BCUT2D eigenvalue weighted by Crippen LogP contribution is 2.32. The fraction of sp³-hybridized carbons (Fsp3) is 0.462. The number of phenolic OH excluding ortho intramolecular Hbond substituents is 1. The third-order valence-corrected chi connectivity index (χ3v) is 8.13. The van der Waals surface area contributed by atoms with E-state index in [2.05, 4.69) is 50.9 Å². The summed E-state index contributed by atoms with van der Waals surface area (Å²) in [6.45, 7) is 8.70. The highest BCUT2D eigenvalue weighted by Gasteiger charge is 2.13. The van der Waals surface area contributed by atoms with Crippen molar-refractivity contribution in [3.63, 3.8) is 0 Å². The van der Waals surface area contributed by atoms with Crippen molar-refractivity contribution in [3.8, 4) is 11.5 Å². The number of aromatic nitrogens is 1. The van der Waals surface area contributed by atoms with Crippen LogP contribution in [0, 0.1) is 19.8 Å². The SMILES string of the molecule is COc1cc(C=CC(=O)CC(=O)CCCCCCCCCC(C)C)c(Cc2cnc(N)c(Cc3cc(C)cc(C)c3)c2)cc1O. The zero-order chi connectivity index (χ0) is 32.8. The van der Waals surface area contributed by atoms with E-state index in [4.69, 9.17) is 10.5 Å². The lowest BCUT2D eigenvalue weighted by molar-refractivity contribution is -0.124. The molecular formula is C39H52N2O4. The van der Waals surface area contributed by atoms with Gasteiger partial charge >= 0.3 is 0 Å². The number of carbonyl (C=O) groups is 2. The smallest absolute Gasteiger partial charge is 0.163 e. The van der Waals surface area contributed by atoms with E-state index in [0.717, 1.165) is 47.4 Å². The molecule has 2 aromatic carbocycles. The quantitative estimate of drug-likeness (QED) is 0.0796. The Morgan fingerprint density at radius 2 is 1.51 bits per heavy atom. The van der Waals surface area contributed by atoms with Crippen molar-refractivity contribution >= 4 is 23.5 Å². The number of anilines is 1. The van der Waals surface area contributed by atoms with Gasteiger partial charge < -0.3 is 15.6 Å². The molecule has 1 heterocycles. The standard InChI is InChI=1S/C39H52N2O4/c1-27(2)13-11-9-7-6-8-10-12-14-35(42)25-36(43)16-15-32-24-38(45-5)37(44)23-33(32)21-31-22-34(39(40)41-26-31)20-30-18-28(3)17-29(4)19-30/h15-19,22-24,26-27,44H,6-14,20-21,25H2,1-5H3,(H2,40,41). The number of pyridine rings is 1. The summed E-state index contributed by atoms with van der Waals surface area (Å²) in [5.74, 6) is 1.35. The summed E-state index contributed by atoms with van der Waals surface area (Å²) in [5, 5.41) is 10.5. The van der Waals surface area contributed by atoms with Crippen LogP contribution in [0.1, 0.15) is 117 Å². The summed E-state index contributed by atoms with van der Waals surface area (Å²) in [4.78, 5) is 29.6. The minimum absolute atomic E-state index is 0.0144. The van der Waals surface area contributed by atoms with Crippen molar-refractivity contribution in [1.29, 1.82) is 0 Å². The molecule has 0 saturated heterocycles. The summed E-state index contributed by atoms with van der Waals surface area (Å²) in [5.41, 5.74) is 13.2. The molecule has 6 heteroatoms. The van der Waals surface area contributed by atoms with Crippen LogP contribution in [0.3, 0.4) is 0 Å². The number of methoxy groups -OCH3 is 1. The lowest BCUT2D eigenvalue weighted by Crippen LogP contribution is -2.05. The van der Waals surface area contributed by atoms with Crippen molar-refractivity contribution in [2.24, 2.45) is 5.92 Å². The predicted octanol–water partition coefficient (Wildman–Crippen LogP) is 8.88. The van der Waals surface area contributed by atoms with Gasteiger partial charge in [0.1, 0.15) is 11.6 Å². The lowest BCUT2D eigenvalue weighted by atomic mass is 9.96. The van der Waals surface area contributed by atoms with E-state index in [0.29, 0.717) is 30.8 Å². The third kappa shape index (κ3) is 12.5. The number of ketones is 2. The van der Waals surface area contributed by atoms with Gasteiger partial charge in [0.25, 0.3) is 0 Å². The van der Waals surface area contributed by atoms with Crippen molar-refractivity contribution in [3.05, 3.63) is 87.6 Å². The first kappa shape index (κ1) is 35.5. The van der Waals surface area contributed by atoms with E-state index < -0.39 is 0 Å². The molecule has 6 nitrogen and oxygen atoms in total. The fourth-order valence-electron chi connectivity index (χ4n) is 5.80. The van der Waals surface area contributed by atoms with E-state index in [1.54, 1.807) is 24.4 Å². The molecule has 0 amide bonds. The van der Waals surface area contributed by atoms with Gasteiger partial charge in [-0.05, 0) is 84.7 Å². The third-order valence-electron chi connectivity index (χ3n) is 8.13. The van der Waals surface area contributed by atoms with Crippen LogP contribution >= 0.6 is 0 Å². The van der Waals surface area contributed by atoms with Crippen LogP contribution in [0.5, 0.6) is 11.5 Å². The number of aromatic hydroxyl groups is 1. The highest BCUT2D eigenvalue weighted by molar-refractivity contribution is 6.06. The van der Waals surface area contributed by atoms with Crippen molar-refractivity contribution in [1.82, 2.24) is 4.98 Å². The zero-order valence-electron chi connectivity index (χ0n) is 28.0. The zero-order valence-corrected chi connectivity index (χ0v) is 28.0. The van der Waals surface area contributed by atoms with Crippen LogP contribution in [0.2, 0.25) is 0 Å². The van der Waals surface area contributed by atoms with Crippen LogP contribution in [-0.4, -0.2) is 28.8 Å². The summed E-state index contributed by atoms with van der Waals surface area (Å²) in [7, 11) is 1.49. The largest absolute Gasteiger partial charge is 0.504 e. The molecule has 0 aliphatic rings. The summed E-state index contributed by atoms with van der Waals surface area (Å²) in [6, 6.07) is 11.9. The van der Waals surface area contributed by atoms with E-state index in [1.165, 1.54) is 62.0 Å². The second-order valence-corrected chi connectivity index (χ2v) is 12.9. The van der Waals surface area contributed by atoms with Gasteiger partial charge in [0.15, 0.2) is 17.3 Å². The Labute approximate surface area is 270 Å². The molecule has 242 valence electrons. The Kier molecular flexibility index (Phi) is 14.3. The molecule has 0 radical (unpaired) electrons. The molecule has 0 unspecified atom stereocenters. The number of ether oxygens (including phenoxy) is 1. The van der Waals surface area contributed by atoms with E-state index in [1.807, 2.05) is 6.07 Å². The topological polar surface area (TPSA) is 103 Å². The van der Waals surface area contributed by atoms with Crippen LogP contribution in [0.25, 0.3) is 6.08 Å². The average molecular weight is 613 g/mol. The highest BCUT2D eigenvalue weighted by atomic mass is 16.5. The molecule has 3 rings (SSSR count). The van der Waals surface area contributed by atoms with E-state index >= 15 is 0 Å². The van der Waals surface area contributed by atoms with E-state index in [-0.39, 0.29) is 23.7 Å². The number of hydrogen-bond donors (Lipinski definition) is 2. The number of hydrogen-bond acceptors (Lipinski definition) is 6. The Morgan fingerprint density at radius 3 is 2.18 bits per heavy atom. The predicted molar refractivity (Wildman–Crippen MR) is 185 cm³/mol. The Balaban J connectivity index is 1.60. The van der Waals surface area contributed by atoms with Crippen molar-refractivity contribution < 1.29 is 19.4 Å². The van der Waals surface area contributed by atoms with Gasteiger partial charge in [0, 0.05) is 19.0 Å². The molecule has 0 spiro atoms. The van der Waals surface area contributed by atoms with Crippen LogP contribution in [0.4, 0.5) is 5.82 Å². The number of aryl methyl sites for hydroxylation is 2. The van der Waals surface area contributed by atoms with Gasteiger partial charge in [-0.3, -0.25) is 9.59 Å². The molecule has 0 atom stereocenters. The maximum absolute atomic E-state index is 12.7. The number of nitrogens with two attached hydrogens (primary N) is 1. The number of benzene rings is 2. The molecule has 3 N–H and O–H groups in total. The monoisotopic (exact) mass is 612 g/mol. The lowest BCUT2D eigenvalue weighted by Gasteiger charge is -2.13. The number of Topliss-reactive ketones (excluding diaryl/α,β-unsaturated/α-hetero) is 1. The Bertz CT molecular complexity index is 1440. The summed E-state index contributed by atoms with van der Waals surface area (Å²) < 4.78 is 5.33. The minimum atomic E-state index is -0.229. The maximum Gasteiger partial charge on any atom is 0.163 e. The number of allylic oxidation sites excluding steroid dienone is 1. The number of rotatable bonds is 19. The number of carbonyl (C=O) groups excluding carboxylic acids is 2. The first-order chi connectivity index (χ1) is 21.5. The molecular weight excluding hydrogens is 560 g/mol. The average Bonchev–Trinajstić information content (AvgIpc) is 2.97. The number of phenols is 1. The van der Waals surface area contributed by atoms with Crippen LogP contribution < -0.4 is 10.5 Å². The molecule has 1 aromatic heterocycles. The normalized spacial score (nSPS) is 11.4. The summed E-state index contributed by atoms with van der Waals surface area (Å²) in [6.07, 6.45) is 15.8. The second-order valence-electron chi connectivity index (χ2n) is 12.9. The van der Waals surface area contributed by atoms with Crippen molar-refractivity contribution in [2.75, 3.05) is 12.8 Å². The van der Waals surface area contributed by atoms with Gasteiger partial charge in [0.2, 0.25) is 0 Å². The van der Waals surface area contributed by atoms with Crippen LogP contribution in [-0.2, 0) is 22.4 Å². The van der Waals surface area contributed by atoms with Gasteiger partial charge in [-0.1, -0.05) is 94.2 Å². The molecule has 0 aliphatic heterocycles. The first-order valence-corrected chi connectivity index (χ1v) is 16.5. The van der Waals surface area contributed by atoms with Gasteiger partial charge in [0.05, 0.1) is 13.5 Å². The molecule has 0 fully saturated rings. The molecule has 0 bridgehead atoms. The Morgan fingerprint density at radius 1 is 0.867 bits per heavy atom. The molecule has 0 saturated carbocycles.